The summed E-state index contributed by atoms with van der Waals surface area (Å²) in [6, 6.07) is 0. The van der Waals surface area contributed by atoms with E-state index in [-0.39, 0.29) is 0 Å². The summed E-state index contributed by atoms with van der Waals surface area (Å²) in [5.74, 6) is 2.78. The molecule has 0 aromatic rings. The number of hydrogen-bond acceptors (Lipinski definition) is 0. The van der Waals surface area contributed by atoms with Gasteiger partial charge in [0.05, 0.1) is 0 Å². The molecule has 0 aromatic carbocycles. The molecule has 50 fully saturated rings. The smallest absolute Gasteiger partial charge is 0 e. The van der Waals surface area contributed by atoms with Crippen molar-refractivity contribution in [3.8, 4) is 0 Å². The highest BCUT2D eigenvalue weighted by atomic mass is 16.0. The molecule has 0 bridgehead atoms. The molecule has 52 heavy (non-hydrogen) atoms. The maximum Gasteiger partial charge on any atom is 0 e. The van der Waals surface area contributed by atoms with E-state index in [2.05, 4.69) is 0 Å². The minimum absolute atomic E-state index is 1.17. The van der Waals surface area contributed by atoms with Crippen molar-refractivity contribution in [3.63, 3.8) is 0 Å². The monoisotopic (exact) mass is 630 g/mol. The first-order valence-corrected chi connectivity index (χ1v) is 25.9. The summed E-state index contributed by atoms with van der Waals surface area (Å²) >= 11 is 0. The van der Waals surface area contributed by atoms with Crippen LogP contribution in [0.15, 0.2) is 0 Å². The van der Waals surface area contributed by atoms with Crippen LogP contribution in [0.2, 0.25) is 0 Å². The Morgan fingerprint density at radius 3 is 0.423 bits per heavy atom. The molecule has 0 radical (unpaired) electrons. The fraction of sp³-hybridized carbons (Fsp3) is 1.00. The zero-order chi connectivity index (χ0) is 26.6. The van der Waals surface area contributed by atoms with Crippen molar-refractivity contribution in [2.45, 2.75) is 12.8 Å². The van der Waals surface area contributed by atoms with E-state index in [1.807, 2.05) is 0 Å². The second-order valence-electron chi connectivity index (χ2n) is 38.1. The predicted octanol–water partition coefficient (Wildman–Crippen LogP) is 1.51. The lowest BCUT2D eigenvalue weighted by atomic mass is 9.77. The SMILES string of the molecule is C1C2C13C21C32C13C21C32C13C21C32C13C21C32C13C21C32C13C21C32C13C21C32C13C21C32C34C56C78C9%10C%11%12C%13%14C%15%16C%17%18C%19%20C%21%22C%23%24C%25%26CC%25C%26%23C%24%21C%22%19C%20%17C%18%15C%16%13C%14%11C%129C%107C85C63C142. The van der Waals surface area contributed by atoms with E-state index in [0.29, 0.717) is 0 Å². The molecule has 0 heterocycles. The van der Waals surface area contributed by atoms with Gasteiger partial charge in [-0.05, 0) is 209 Å². The molecule has 50 saturated carbocycles. The largest absolute Gasteiger partial charge is 0.0421 e. The van der Waals surface area contributed by atoms with Crippen LogP contribution in [0.5, 0.6) is 0 Å². The third-order valence-electron chi connectivity index (χ3n) is 52.8. The first kappa shape index (κ1) is 13.3. The van der Waals surface area contributed by atoms with Crippen molar-refractivity contribution in [3.05, 3.63) is 32.5 Å². The van der Waals surface area contributed by atoms with Gasteiger partial charge in [0.1, 0.15) is 0 Å². The molecule has 0 N–H and O–H groups in total. The van der Waals surface area contributed by atoms with Crippen LogP contribution in [0.4, 0.5) is 0 Å². The second-order valence-corrected chi connectivity index (χ2v) is 38.1. The molecule has 48 spiro atoms. The summed E-state index contributed by atoms with van der Waals surface area (Å²) in [4.78, 5) is 0. The highest BCUT2D eigenvalue weighted by Gasteiger charge is 4.02. The van der Waals surface area contributed by atoms with Crippen LogP contribution in [-0.4, -0.2) is 0 Å². The second kappa shape index (κ2) is 1.46. The van der Waals surface area contributed by atoms with Crippen molar-refractivity contribution >= 4 is 0 Å². The van der Waals surface area contributed by atoms with E-state index in [9.17, 15) is 0 Å². The van der Waals surface area contributed by atoms with Gasteiger partial charge < -0.3 is 0 Å². The summed E-state index contributed by atoms with van der Waals surface area (Å²) in [6.45, 7) is 0. The molecule has 46 atom stereocenters. The number of hydrogen-bond donors (Lipinski definition) is 0. The fourth-order valence-corrected chi connectivity index (χ4v) is 65.3. The first-order valence-electron chi connectivity index (χ1n) is 25.9. The van der Waals surface area contributed by atoms with Gasteiger partial charge in [-0.1, -0.05) is 0 Å². The van der Waals surface area contributed by atoms with E-state index in [0.717, 1.165) is 0 Å². The molecular weight excluding hydrogens is 625 g/mol. The van der Waals surface area contributed by atoms with Crippen molar-refractivity contribution < 1.29 is 0 Å². The van der Waals surface area contributed by atoms with Crippen LogP contribution in [0.25, 0.3) is 0 Å². The Bertz CT molecular complexity index is 4550. The molecule has 0 amide bonds. The average Bonchev–Trinajstić information content (AvgIpc) is 3.77. The lowest BCUT2D eigenvalue weighted by Gasteiger charge is -2.24. The van der Waals surface area contributed by atoms with Crippen LogP contribution in [0.3, 0.4) is 0 Å². The van der Waals surface area contributed by atoms with Crippen molar-refractivity contribution in [1.29, 1.82) is 0 Å². The van der Waals surface area contributed by atoms with Gasteiger partial charge >= 0.3 is 0 Å². The van der Waals surface area contributed by atoms with Gasteiger partial charge in [-0.3, -0.25) is 0 Å². The Balaban J connectivity index is 0.455. The van der Waals surface area contributed by atoms with Crippen LogP contribution in [-0.2, 0) is 0 Å². The predicted molar refractivity (Wildman–Crippen MR) is 138 cm³/mol. The van der Waals surface area contributed by atoms with E-state index >= 15 is 0 Å². The van der Waals surface area contributed by atoms with Crippen molar-refractivity contribution in [2.75, 3.05) is 0 Å². The number of rotatable bonds is 0. The van der Waals surface area contributed by atoms with Gasteiger partial charge in [0.2, 0.25) is 0 Å². The van der Waals surface area contributed by atoms with Gasteiger partial charge in [-0.2, -0.15) is 0 Å². The molecule has 214 valence electrons. The zero-order valence-corrected chi connectivity index (χ0v) is 26.6. The average molecular weight is 631 g/mol. The van der Waals surface area contributed by atoms with E-state index in [1.54, 1.807) is 12.8 Å². The Hall–Kier alpha value is 0. The van der Waals surface area contributed by atoms with Crippen LogP contribution in [0, 0.1) is 272 Å². The summed E-state index contributed by atoms with van der Waals surface area (Å²) in [7, 11) is 0. The molecular formula is C52H6. The third kappa shape index (κ3) is 0.202. The van der Waals surface area contributed by atoms with Crippen LogP contribution in [0.1, 0.15) is 12.8 Å². The molecule has 0 aliphatic heterocycles. The van der Waals surface area contributed by atoms with Gasteiger partial charge in [0.15, 0.2) is 0 Å². The van der Waals surface area contributed by atoms with E-state index in [1.165, 1.54) is 272 Å². The molecule has 0 nitrogen and oxygen atoms in total. The van der Waals surface area contributed by atoms with E-state index in [4.69, 9.17) is 0 Å². The highest BCUT2D eigenvalue weighted by molar-refractivity contribution is 6.76. The topological polar surface area (TPSA) is 0 Å². The normalized spacial score (nSPS) is 182. The molecule has 0 aromatic heterocycles. The van der Waals surface area contributed by atoms with Crippen molar-refractivity contribution in [1.82, 2.24) is 0 Å². The molecule has 0 saturated heterocycles. The van der Waals surface area contributed by atoms with Gasteiger partial charge in [0.25, 0.3) is 0 Å². The molecule has 46 unspecified atom stereocenters. The highest BCUT2D eigenvalue weighted by Crippen LogP contribution is 4.04. The Labute approximate surface area is 283 Å². The minimum Gasteiger partial charge on any atom is -0.0421 e. The molecule has 0 heteroatoms. The van der Waals surface area contributed by atoms with Crippen molar-refractivity contribution in [2.24, 2.45) is 239 Å². The van der Waals surface area contributed by atoms with Gasteiger partial charge in [0, 0.05) is 75.8 Å². The lowest BCUT2D eigenvalue weighted by Crippen LogP contribution is -2.23. The Morgan fingerprint density at radius 1 is 0.154 bits per heavy atom. The van der Waals surface area contributed by atoms with Gasteiger partial charge in [-0.25, -0.2) is 0 Å². The fourth-order valence-electron chi connectivity index (χ4n) is 65.3. The molecule has 50 aliphatic carbocycles. The lowest BCUT2D eigenvalue weighted by molar-refractivity contribution is 0.217. The minimum atomic E-state index is 1.17. The Morgan fingerprint density at radius 2 is 0.288 bits per heavy atom. The van der Waals surface area contributed by atoms with Crippen LogP contribution < -0.4 is 0 Å². The van der Waals surface area contributed by atoms with Gasteiger partial charge in [-0.15, -0.1) is 0 Å². The zero-order valence-electron chi connectivity index (χ0n) is 26.6. The summed E-state index contributed by atoms with van der Waals surface area (Å²) in [6.07, 6.45) is 3.57. The maximum atomic E-state index is 1.78. The first-order chi connectivity index (χ1) is 25.9. The maximum absolute atomic E-state index is 1.78. The molecule has 50 aliphatic rings. The standard InChI is InChI=1S/C52H6/c1-3-5(1)7(3)9(5)11(7)13(9)15(11)17(13)19(15)21(17)23(19)25(21)27(23)29(25)31(27)33(29)35(31)37(33)39(35)41(37)43(39)45(41)47(43)49(45)51(47)50-46-42-38-34-30-26-22-18-14-10-6-2-4(6)8(6,10)12(10,14)16(14,18)20(18,22)24(22,26)28(26,30)32(30,34)36(34,38)40(38,42)44(42,46)48(46,50)52(49,50)51/h3-4H,1-2H2. The summed E-state index contributed by atoms with van der Waals surface area (Å²) in [5, 5.41) is 0. The van der Waals surface area contributed by atoms with E-state index < -0.39 is 0 Å². The summed E-state index contributed by atoms with van der Waals surface area (Å²) in [5.41, 5.74) is 59.3. The quantitative estimate of drug-likeness (QED) is 0.381. The third-order valence-corrected chi connectivity index (χ3v) is 52.8. The summed E-state index contributed by atoms with van der Waals surface area (Å²) < 4.78 is 0. The Kier molecular flexibility index (Phi) is 0.371. The van der Waals surface area contributed by atoms with Crippen LogP contribution >= 0.6 is 0 Å². The molecule has 50 rings (SSSR count).